The lowest BCUT2D eigenvalue weighted by molar-refractivity contribution is 0.411. The van der Waals surface area contributed by atoms with Crippen LogP contribution in [0.1, 0.15) is 12.0 Å². The van der Waals surface area contributed by atoms with Gasteiger partial charge in [-0.3, -0.25) is 4.98 Å². The minimum Gasteiger partial charge on any atom is -0.493 e. The highest BCUT2D eigenvalue weighted by atomic mass is 16.5. The Labute approximate surface area is 162 Å². The number of para-hydroxylation sites is 1. The Kier molecular flexibility index (Phi) is 4.01. The first-order valence-electron chi connectivity index (χ1n) is 9.22. The average Bonchev–Trinajstić information content (AvgIpc) is 2.74. The molecule has 0 bridgehead atoms. The molecule has 1 N–H and O–H groups in total. The molecule has 2 aromatic carbocycles. The normalized spacial score (nSPS) is 13.4. The summed E-state index contributed by atoms with van der Waals surface area (Å²) in [5.74, 6) is 0.534. The second-order valence-electron chi connectivity index (χ2n) is 6.71. The molecule has 0 unspecified atom stereocenters. The van der Waals surface area contributed by atoms with Crippen LogP contribution in [0.4, 0.5) is 11.4 Å². The molecule has 0 fully saturated rings. The fourth-order valence-electron chi connectivity index (χ4n) is 3.61. The number of nitrogens with zero attached hydrogens (tertiary/aromatic N) is 4. The number of aromatic hydroxyl groups is 1. The molecule has 3 heterocycles. The van der Waals surface area contributed by atoms with Crippen molar-refractivity contribution < 1.29 is 9.84 Å². The van der Waals surface area contributed by atoms with Gasteiger partial charge >= 0.3 is 6.01 Å². The van der Waals surface area contributed by atoms with Crippen LogP contribution in [0.25, 0.3) is 10.9 Å². The van der Waals surface area contributed by atoms with E-state index >= 15 is 0 Å². The predicted molar refractivity (Wildman–Crippen MR) is 107 cm³/mol. The number of hydrogen-bond acceptors (Lipinski definition) is 6. The number of pyridine rings is 1. The van der Waals surface area contributed by atoms with Gasteiger partial charge in [0, 0.05) is 24.1 Å². The smallest absolute Gasteiger partial charge is 0.325 e. The molecule has 0 aliphatic carbocycles. The van der Waals surface area contributed by atoms with Gasteiger partial charge in [-0.15, -0.1) is 0 Å². The fourth-order valence-corrected chi connectivity index (χ4v) is 3.61. The molecule has 6 nitrogen and oxygen atoms in total. The Bertz CT molecular complexity index is 1150. The third-order valence-electron chi connectivity index (χ3n) is 4.91. The van der Waals surface area contributed by atoms with Crippen molar-refractivity contribution in [1.82, 2.24) is 15.0 Å². The zero-order chi connectivity index (χ0) is 18.9. The highest BCUT2D eigenvalue weighted by molar-refractivity contribution is 5.82. The van der Waals surface area contributed by atoms with Crippen LogP contribution in [0, 0.1) is 0 Å². The summed E-state index contributed by atoms with van der Waals surface area (Å²) in [6.07, 6.45) is 5.23. The molecule has 0 saturated carbocycles. The Hall–Kier alpha value is -3.67. The monoisotopic (exact) mass is 370 g/mol. The largest absolute Gasteiger partial charge is 0.493 e. The molecule has 138 valence electrons. The lowest BCUT2D eigenvalue weighted by Gasteiger charge is -2.31. The minimum absolute atomic E-state index is 0.105. The Balaban J connectivity index is 1.47. The van der Waals surface area contributed by atoms with E-state index in [-0.39, 0.29) is 11.9 Å². The number of hydrogen-bond donors (Lipinski definition) is 1. The van der Waals surface area contributed by atoms with Gasteiger partial charge < -0.3 is 14.7 Å². The molecule has 0 saturated heterocycles. The van der Waals surface area contributed by atoms with Gasteiger partial charge in [0.15, 0.2) is 0 Å². The Morgan fingerprint density at radius 2 is 1.89 bits per heavy atom. The zero-order valence-electron chi connectivity index (χ0n) is 15.1. The number of fused-ring (bicyclic) bond motifs is 2. The van der Waals surface area contributed by atoms with E-state index in [4.69, 9.17) is 4.74 Å². The van der Waals surface area contributed by atoms with Crippen LogP contribution in [0.5, 0.6) is 17.6 Å². The second-order valence-corrected chi connectivity index (χ2v) is 6.71. The lowest BCUT2D eigenvalue weighted by Crippen LogP contribution is -2.24. The van der Waals surface area contributed by atoms with E-state index in [0.29, 0.717) is 16.7 Å². The van der Waals surface area contributed by atoms with Crippen LogP contribution >= 0.6 is 0 Å². The first kappa shape index (κ1) is 16.5. The number of aromatic nitrogens is 3. The molecule has 28 heavy (non-hydrogen) atoms. The maximum absolute atomic E-state index is 10.1. The van der Waals surface area contributed by atoms with E-state index in [2.05, 4.69) is 50.2 Å². The van der Waals surface area contributed by atoms with Crippen molar-refractivity contribution in [1.29, 1.82) is 0 Å². The van der Waals surface area contributed by atoms with Gasteiger partial charge in [-0.05, 0) is 54.8 Å². The molecule has 0 spiro atoms. The SMILES string of the molecule is Oc1nc(Oc2ccc3c(c2)CCCN3c2ccccc2)nc2cnccc12. The van der Waals surface area contributed by atoms with Gasteiger partial charge in [0.25, 0.3) is 0 Å². The highest BCUT2D eigenvalue weighted by Gasteiger charge is 2.19. The number of ether oxygens (including phenoxy) is 1. The number of anilines is 2. The van der Waals surface area contributed by atoms with Gasteiger partial charge in [-0.2, -0.15) is 9.97 Å². The fraction of sp³-hybridized carbons (Fsp3) is 0.136. The van der Waals surface area contributed by atoms with Crippen LogP contribution in [0.2, 0.25) is 0 Å². The van der Waals surface area contributed by atoms with Gasteiger partial charge in [0.05, 0.1) is 17.1 Å². The molecular weight excluding hydrogens is 352 g/mol. The van der Waals surface area contributed by atoms with Crippen LogP contribution in [0.3, 0.4) is 0 Å². The van der Waals surface area contributed by atoms with Gasteiger partial charge in [-0.1, -0.05) is 18.2 Å². The number of rotatable bonds is 3. The van der Waals surface area contributed by atoms with Crippen molar-refractivity contribution in [2.24, 2.45) is 0 Å². The van der Waals surface area contributed by atoms with Crippen molar-refractivity contribution in [2.45, 2.75) is 12.8 Å². The Morgan fingerprint density at radius 3 is 2.79 bits per heavy atom. The standard InChI is InChI=1S/C22H18N4O2/c27-21-18-10-11-23-14-19(18)24-22(25-21)28-17-8-9-20-15(13-17)5-4-12-26(20)16-6-2-1-3-7-16/h1-3,6-11,13-14H,4-5,12H2,(H,24,25,27). The van der Waals surface area contributed by atoms with Crippen molar-refractivity contribution in [3.05, 3.63) is 72.6 Å². The second kappa shape index (κ2) is 6.81. The lowest BCUT2D eigenvalue weighted by atomic mass is 10.0. The van der Waals surface area contributed by atoms with E-state index in [1.807, 2.05) is 18.2 Å². The summed E-state index contributed by atoms with van der Waals surface area (Å²) >= 11 is 0. The quantitative estimate of drug-likeness (QED) is 0.568. The molecule has 6 heteroatoms. The Morgan fingerprint density at radius 1 is 1.00 bits per heavy atom. The topological polar surface area (TPSA) is 71.4 Å². The maximum Gasteiger partial charge on any atom is 0.325 e. The summed E-state index contributed by atoms with van der Waals surface area (Å²) in [4.78, 5) is 14.8. The number of benzene rings is 2. The van der Waals surface area contributed by atoms with Crippen molar-refractivity contribution >= 4 is 22.3 Å². The van der Waals surface area contributed by atoms with Gasteiger partial charge in [-0.25, -0.2) is 0 Å². The summed E-state index contributed by atoms with van der Waals surface area (Å²) in [5.41, 5.74) is 4.14. The molecule has 2 aromatic heterocycles. The molecule has 0 amide bonds. The van der Waals surface area contributed by atoms with Crippen LogP contribution < -0.4 is 9.64 Å². The molecule has 1 aliphatic heterocycles. The van der Waals surface area contributed by atoms with Gasteiger partial charge in [0.2, 0.25) is 5.88 Å². The van der Waals surface area contributed by atoms with Crippen molar-refractivity contribution in [3.8, 4) is 17.6 Å². The molecule has 0 radical (unpaired) electrons. The molecular formula is C22H18N4O2. The van der Waals surface area contributed by atoms with E-state index < -0.39 is 0 Å². The zero-order valence-corrected chi connectivity index (χ0v) is 15.1. The summed E-state index contributed by atoms with van der Waals surface area (Å²) in [5, 5.41) is 10.7. The minimum atomic E-state index is -0.115. The van der Waals surface area contributed by atoms with Gasteiger partial charge in [0.1, 0.15) is 5.75 Å². The molecule has 4 aromatic rings. The highest BCUT2D eigenvalue weighted by Crippen LogP contribution is 2.36. The van der Waals surface area contributed by atoms with Crippen molar-refractivity contribution in [3.63, 3.8) is 0 Å². The summed E-state index contributed by atoms with van der Waals surface area (Å²) < 4.78 is 5.85. The first-order chi connectivity index (χ1) is 13.8. The number of aryl methyl sites for hydroxylation is 1. The average molecular weight is 370 g/mol. The summed E-state index contributed by atoms with van der Waals surface area (Å²) in [6.45, 7) is 0.992. The third-order valence-corrected chi connectivity index (χ3v) is 4.91. The summed E-state index contributed by atoms with van der Waals surface area (Å²) in [7, 11) is 0. The van der Waals surface area contributed by atoms with Crippen LogP contribution in [-0.4, -0.2) is 26.6 Å². The molecule has 5 rings (SSSR count). The summed E-state index contributed by atoms with van der Waals surface area (Å²) in [6, 6.07) is 18.2. The van der Waals surface area contributed by atoms with E-state index in [9.17, 15) is 5.11 Å². The van der Waals surface area contributed by atoms with Crippen LogP contribution in [-0.2, 0) is 6.42 Å². The van der Waals surface area contributed by atoms with E-state index in [0.717, 1.165) is 19.4 Å². The van der Waals surface area contributed by atoms with Crippen molar-refractivity contribution in [2.75, 3.05) is 11.4 Å². The van der Waals surface area contributed by atoms with Crippen LogP contribution in [0.15, 0.2) is 67.0 Å². The van der Waals surface area contributed by atoms with E-state index in [1.54, 1.807) is 18.5 Å². The third kappa shape index (κ3) is 2.99. The first-order valence-corrected chi connectivity index (χ1v) is 9.22. The predicted octanol–water partition coefficient (Wildman–Crippen LogP) is 4.61. The maximum atomic E-state index is 10.1. The molecule has 1 aliphatic rings. The molecule has 0 atom stereocenters. The van der Waals surface area contributed by atoms with E-state index in [1.165, 1.54) is 16.9 Å².